The van der Waals surface area contributed by atoms with E-state index in [0.717, 1.165) is 6.08 Å². The zero-order valence-electron chi connectivity index (χ0n) is 17.9. The van der Waals surface area contributed by atoms with E-state index in [0.29, 0.717) is 36.1 Å². The maximum atomic E-state index is 12.8. The highest BCUT2D eigenvalue weighted by molar-refractivity contribution is 5.81. The molecule has 172 valence electrons. The third kappa shape index (κ3) is 7.53. The summed E-state index contributed by atoms with van der Waals surface area (Å²) in [7, 11) is 0. The molecule has 0 bridgehead atoms. The van der Waals surface area contributed by atoms with Crippen molar-refractivity contribution < 1.29 is 18.3 Å². The summed E-state index contributed by atoms with van der Waals surface area (Å²) in [6.07, 6.45) is 18.8. The lowest BCUT2D eigenvalue weighted by molar-refractivity contribution is 0.170. The molecule has 1 aromatic rings. The van der Waals surface area contributed by atoms with Crippen molar-refractivity contribution in [2.45, 2.75) is 32.3 Å². The molecule has 0 spiro atoms. The predicted octanol–water partition coefficient (Wildman–Crippen LogP) is 4.24. The maximum Gasteiger partial charge on any atom is 0.323 e. The van der Waals surface area contributed by atoms with Crippen LogP contribution in [0.3, 0.4) is 0 Å². The molecule has 0 aromatic carbocycles. The topological polar surface area (TPSA) is 93.4 Å². The van der Waals surface area contributed by atoms with Crippen LogP contribution in [-0.2, 0) is 4.74 Å². The molecule has 2 aliphatic rings. The summed E-state index contributed by atoms with van der Waals surface area (Å²) < 4.78 is 32.9. The monoisotopic (exact) mass is 454 g/mol. The number of urea groups is 1. The van der Waals surface area contributed by atoms with Crippen molar-refractivity contribution in [3.63, 3.8) is 0 Å². The molecule has 8 nitrogen and oxygen atoms in total. The second kappa shape index (κ2) is 12.1. The lowest BCUT2D eigenvalue weighted by atomic mass is 10.2. The molecule has 1 aliphatic heterocycles. The number of carbonyl (C=O) groups excluding carboxylic acids is 1. The predicted molar refractivity (Wildman–Crippen MR) is 122 cm³/mol. The minimum atomic E-state index is -2.69. The molecule has 0 fully saturated rings. The first-order valence-electron chi connectivity index (χ1n) is 10.2. The minimum Gasteiger partial charge on any atom is -0.486 e. The van der Waals surface area contributed by atoms with Crippen molar-refractivity contribution in [3.8, 4) is 0 Å². The number of aromatic nitrogens is 3. The molecule has 0 saturated carbocycles. The Hall–Kier alpha value is -4.08. The molecule has 3 rings (SSSR count). The van der Waals surface area contributed by atoms with Crippen molar-refractivity contribution in [2.24, 2.45) is 4.99 Å². The molecular formula is C23H24F2N6O2. The van der Waals surface area contributed by atoms with Gasteiger partial charge in [0.1, 0.15) is 24.5 Å². The van der Waals surface area contributed by atoms with Crippen LogP contribution in [0.5, 0.6) is 0 Å². The molecule has 2 N–H and O–H groups in total. The third-order valence-corrected chi connectivity index (χ3v) is 4.38. The molecule has 0 saturated heterocycles. The highest BCUT2D eigenvalue weighted by atomic mass is 19.3. The van der Waals surface area contributed by atoms with Gasteiger partial charge in [0.25, 0.3) is 6.43 Å². The van der Waals surface area contributed by atoms with Gasteiger partial charge in [0.15, 0.2) is 0 Å². The molecule has 1 aliphatic carbocycles. The molecule has 10 heteroatoms. The third-order valence-electron chi connectivity index (χ3n) is 4.38. The van der Waals surface area contributed by atoms with Crippen LogP contribution in [0.25, 0.3) is 5.70 Å². The fourth-order valence-corrected chi connectivity index (χ4v) is 2.93. The highest BCUT2D eigenvalue weighted by Crippen LogP contribution is 2.16. The summed E-state index contributed by atoms with van der Waals surface area (Å²) >= 11 is 0. The van der Waals surface area contributed by atoms with E-state index in [1.54, 1.807) is 43.6 Å². The van der Waals surface area contributed by atoms with E-state index >= 15 is 0 Å². The van der Waals surface area contributed by atoms with Gasteiger partial charge in [-0.3, -0.25) is 4.99 Å². The van der Waals surface area contributed by atoms with E-state index in [-0.39, 0.29) is 11.8 Å². The molecule has 2 heterocycles. The maximum absolute atomic E-state index is 12.8. The van der Waals surface area contributed by atoms with Crippen LogP contribution in [0, 0.1) is 0 Å². The van der Waals surface area contributed by atoms with E-state index in [1.807, 2.05) is 18.2 Å². The molecule has 0 radical (unpaired) electrons. The number of ether oxygens (including phenoxy) is 1. The van der Waals surface area contributed by atoms with Crippen LogP contribution < -0.4 is 10.6 Å². The lowest BCUT2D eigenvalue weighted by Crippen LogP contribution is -2.34. The van der Waals surface area contributed by atoms with Crippen LogP contribution >= 0.6 is 0 Å². The van der Waals surface area contributed by atoms with E-state index in [2.05, 4.69) is 25.7 Å². The smallest absolute Gasteiger partial charge is 0.323 e. The summed E-state index contributed by atoms with van der Waals surface area (Å²) in [6.45, 7) is 1.76. The standard InChI is InChI=1S/C23H24F2N6O2/c1-2-4-21(31-16-27-15-28-31)20(9-10-22(24)25)30-23(32)29-17-5-3-6-18(8-7-17)33-19-11-13-26-14-12-19/h2,4-11,13-16,19,22H,3,12H2,1H3,(H2,29,30,32)/b4-2-,10-9+,21-20-. The Morgan fingerprint density at radius 1 is 1.30 bits per heavy atom. The molecule has 1 unspecified atom stereocenters. The summed E-state index contributed by atoms with van der Waals surface area (Å²) in [5.74, 6) is 0.676. The Bertz CT molecular complexity index is 1060. The van der Waals surface area contributed by atoms with Crippen LogP contribution in [0.4, 0.5) is 13.6 Å². The second-order valence-electron chi connectivity index (χ2n) is 6.81. The van der Waals surface area contributed by atoms with Gasteiger partial charge in [0.2, 0.25) is 0 Å². The Kier molecular flexibility index (Phi) is 8.63. The van der Waals surface area contributed by atoms with Gasteiger partial charge in [0.05, 0.1) is 11.4 Å². The normalized spacial score (nSPS) is 18.8. The number of rotatable bonds is 8. The number of aliphatic imine (C=N–C) groups is 1. The largest absolute Gasteiger partial charge is 0.486 e. The number of alkyl halides is 2. The number of nitrogens with zero attached hydrogens (tertiary/aromatic N) is 4. The van der Waals surface area contributed by atoms with Crippen molar-refractivity contribution in [2.75, 3.05) is 0 Å². The second-order valence-corrected chi connectivity index (χ2v) is 6.81. The number of halogens is 2. The highest BCUT2D eigenvalue weighted by Gasteiger charge is 2.13. The van der Waals surface area contributed by atoms with Crippen molar-refractivity contribution in [3.05, 3.63) is 90.7 Å². The zero-order chi connectivity index (χ0) is 23.5. The number of carbonyl (C=O) groups is 1. The minimum absolute atomic E-state index is 0.0904. The van der Waals surface area contributed by atoms with Gasteiger partial charge < -0.3 is 15.4 Å². The van der Waals surface area contributed by atoms with Gasteiger partial charge >= 0.3 is 6.03 Å². The van der Waals surface area contributed by atoms with Crippen molar-refractivity contribution >= 4 is 17.9 Å². The number of amides is 2. The SMILES string of the molecule is C\C=C/C(=C(\C=C\C(F)F)NC(=O)NC1=CCC=C(OC2C=CN=CC2)C=C1)n1cncn1. The molecule has 1 aromatic heterocycles. The fraction of sp³-hybridized carbons (Fsp3) is 0.217. The van der Waals surface area contributed by atoms with Gasteiger partial charge in [-0.15, -0.1) is 0 Å². The van der Waals surface area contributed by atoms with Crippen LogP contribution in [-0.4, -0.2) is 39.5 Å². The average Bonchev–Trinajstić information content (AvgIpc) is 3.25. The molecule has 1 atom stereocenters. The van der Waals surface area contributed by atoms with Crippen LogP contribution in [0.15, 0.2) is 95.7 Å². The van der Waals surface area contributed by atoms with E-state index in [9.17, 15) is 13.6 Å². The number of hydrogen-bond donors (Lipinski definition) is 2. The Morgan fingerprint density at radius 2 is 2.18 bits per heavy atom. The van der Waals surface area contributed by atoms with Gasteiger partial charge in [0, 0.05) is 24.5 Å². The van der Waals surface area contributed by atoms with E-state index in [1.165, 1.54) is 17.3 Å². The number of nitrogens with one attached hydrogen (secondary N) is 2. The first-order valence-corrected chi connectivity index (χ1v) is 10.2. The fourth-order valence-electron chi connectivity index (χ4n) is 2.93. The van der Waals surface area contributed by atoms with E-state index in [4.69, 9.17) is 4.74 Å². The quantitative estimate of drug-likeness (QED) is 0.575. The zero-order valence-corrected chi connectivity index (χ0v) is 17.9. The molecule has 2 amide bonds. The van der Waals surface area contributed by atoms with Gasteiger partial charge in [-0.25, -0.2) is 23.2 Å². The summed E-state index contributed by atoms with van der Waals surface area (Å²) in [5, 5.41) is 9.35. The molecular weight excluding hydrogens is 430 g/mol. The Morgan fingerprint density at radius 3 is 2.88 bits per heavy atom. The van der Waals surface area contributed by atoms with Gasteiger partial charge in [-0.1, -0.05) is 12.2 Å². The first kappa shape index (κ1) is 23.6. The average molecular weight is 454 g/mol. The number of allylic oxidation sites excluding steroid dienone is 9. The summed E-state index contributed by atoms with van der Waals surface area (Å²) in [4.78, 5) is 20.6. The number of hydrogen-bond acceptors (Lipinski definition) is 5. The van der Waals surface area contributed by atoms with Crippen molar-refractivity contribution in [1.29, 1.82) is 0 Å². The molecule has 33 heavy (non-hydrogen) atoms. The summed E-state index contributed by atoms with van der Waals surface area (Å²) in [6, 6.07) is -0.599. The van der Waals surface area contributed by atoms with Crippen LogP contribution in [0.1, 0.15) is 19.8 Å². The Labute approximate surface area is 190 Å². The van der Waals surface area contributed by atoms with Gasteiger partial charge in [-0.2, -0.15) is 5.10 Å². The van der Waals surface area contributed by atoms with Crippen molar-refractivity contribution in [1.82, 2.24) is 25.4 Å². The summed E-state index contributed by atoms with van der Waals surface area (Å²) in [5.41, 5.74) is 1.03. The lowest BCUT2D eigenvalue weighted by Gasteiger charge is -2.15. The Balaban J connectivity index is 1.69. The van der Waals surface area contributed by atoms with E-state index < -0.39 is 12.5 Å². The van der Waals surface area contributed by atoms with Crippen LogP contribution in [0.2, 0.25) is 0 Å². The van der Waals surface area contributed by atoms with Gasteiger partial charge in [-0.05, 0) is 55.9 Å². The first-order chi connectivity index (χ1) is 16.0.